The molecule has 0 saturated carbocycles. The van der Waals surface area contributed by atoms with Gasteiger partial charge in [-0.2, -0.15) is 0 Å². The molecule has 0 heterocycles. The van der Waals surface area contributed by atoms with Crippen LogP contribution in [0.15, 0.2) is 30.8 Å². The van der Waals surface area contributed by atoms with Gasteiger partial charge in [0.2, 0.25) is 0 Å². The Labute approximate surface area is 88.6 Å². The van der Waals surface area contributed by atoms with E-state index in [9.17, 15) is 4.79 Å². The highest BCUT2D eigenvalue weighted by Crippen LogP contribution is 2.14. The van der Waals surface area contributed by atoms with Crippen LogP contribution < -0.4 is 10.6 Å². The third-order valence-corrected chi connectivity index (χ3v) is 1.82. The van der Waals surface area contributed by atoms with Crippen LogP contribution in [0, 0.1) is 0 Å². The molecule has 1 rings (SSSR count). The molecule has 0 bridgehead atoms. The van der Waals surface area contributed by atoms with Crippen LogP contribution in [0.2, 0.25) is 0 Å². The Morgan fingerprint density at radius 3 is 2.53 bits per heavy atom. The van der Waals surface area contributed by atoms with Crippen LogP contribution in [-0.4, -0.2) is 17.7 Å². The second-order valence-corrected chi connectivity index (χ2v) is 3.01. The lowest BCUT2D eigenvalue weighted by atomic mass is 10.2. The molecule has 0 saturated heterocycles. The molecule has 3 N–H and O–H groups in total. The number of phenolic OH excluding ortho intramolecular Hbond substituents is 1. The van der Waals surface area contributed by atoms with E-state index in [0.29, 0.717) is 12.2 Å². The van der Waals surface area contributed by atoms with Gasteiger partial charge in [0.05, 0.1) is 0 Å². The van der Waals surface area contributed by atoms with Gasteiger partial charge in [0, 0.05) is 12.2 Å². The number of benzene rings is 1. The van der Waals surface area contributed by atoms with E-state index in [2.05, 4.69) is 17.2 Å². The van der Waals surface area contributed by atoms with Crippen LogP contribution >= 0.6 is 0 Å². The number of hydrogen-bond acceptors (Lipinski definition) is 2. The lowest BCUT2D eigenvalue weighted by molar-refractivity contribution is 0.245. The first-order valence-electron chi connectivity index (χ1n) is 4.66. The number of carbonyl (C=O) groups excluding carboxylic acids is 1. The standard InChI is InChI=1S/C11H14N2O2/c1-3-12-11(15)13-8(2)9-4-6-10(14)7-5-9/h4-7,14H,2-3H2,1H3,(H2,12,13,15). The summed E-state index contributed by atoms with van der Waals surface area (Å²) in [5.74, 6) is 0.185. The molecule has 0 aliphatic carbocycles. The summed E-state index contributed by atoms with van der Waals surface area (Å²) in [6.45, 7) is 6.12. The van der Waals surface area contributed by atoms with Crippen LogP contribution in [0.25, 0.3) is 5.70 Å². The molecule has 0 fully saturated rings. The van der Waals surface area contributed by atoms with E-state index >= 15 is 0 Å². The summed E-state index contributed by atoms with van der Waals surface area (Å²) >= 11 is 0. The summed E-state index contributed by atoms with van der Waals surface area (Å²) in [4.78, 5) is 11.2. The number of amides is 2. The van der Waals surface area contributed by atoms with Crippen molar-refractivity contribution in [2.75, 3.05) is 6.54 Å². The molecule has 0 atom stereocenters. The Morgan fingerprint density at radius 2 is 2.00 bits per heavy atom. The first-order valence-corrected chi connectivity index (χ1v) is 4.66. The molecule has 2 amide bonds. The smallest absolute Gasteiger partial charge is 0.319 e. The summed E-state index contributed by atoms with van der Waals surface area (Å²) in [5.41, 5.74) is 1.26. The van der Waals surface area contributed by atoms with Crippen molar-refractivity contribution in [2.45, 2.75) is 6.92 Å². The molecule has 0 spiro atoms. The Morgan fingerprint density at radius 1 is 1.40 bits per heavy atom. The van der Waals surface area contributed by atoms with Gasteiger partial charge in [-0.15, -0.1) is 0 Å². The summed E-state index contributed by atoms with van der Waals surface area (Å²) < 4.78 is 0. The van der Waals surface area contributed by atoms with Crippen molar-refractivity contribution in [3.05, 3.63) is 36.4 Å². The topological polar surface area (TPSA) is 61.4 Å². The molecule has 4 heteroatoms. The number of nitrogens with one attached hydrogen (secondary N) is 2. The Bertz CT molecular complexity index is 357. The van der Waals surface area contributed by atoms with Crippen molar-refractivity contribution in [1.82, 2.24) is 10.6 Å². The molecule has 1 aromatic rings. The van der Waals surface area contributed by atoms with Crippen molar-refractivity contribution in [2.24, 2.45) is 0 Å². The average Bonchev–Trinajstić information content (AvgIpc) is 2.18. The highest BCUT2D eigenvalue weighted by atomic mass is 16.3. The number of aromatic hydroxyl groups is 1. The van der Waals surface area contributed by atoms with Crippen molar-refractivity contribution < 1.29 is 9.90 Å². The molecule has 0 unspecified atom stereocenters. The van der Waals surface area contributed by atoms with Crippen LogP contribution in [0.4, 0.5) is 4.79 Å². The summed E-state index contributed by atoms with van der Waals surface area (Å²) in [7, 11) is 0. The van der Waals surface area contributed by atoms with Crippen LogP contribution in [0.5, 0.6) is 5.75 Å². The molecule has 80 valence electrons. The largest absolute Gasteiger partial charge is 0.508 e. The number of phenols is 1. The number of urea groups is 1. The Kier molecular flexibility index (Phi) is 3.74. The van der Waals surface area contributed by atoms with Crippen LogP contribution in [-0.2, 0) is 0 Å². The van der Waals surface area contributed by atoms with Gasteiger partial charge in [-0.05, 0) is 36.8 Å². The van der Waals surface area contributed by atoms with Crippen LogP contribution in [0.1, 0.15) is 12.5 Å². The van der Waals surface area contributed by atoms with Gasteiger partial charge in [-0.25, -0.2) is 4.79 Å². The lowest BCUT2D eigenvalue weighted by Crippen LogP contribution is -2.33. The molecule has 4 nitrogen and oxygen atoms in total. The molecule has 0 radical (unpaired) electrons. The molecule has 1 aromatic carbocycles. The number of carbonyl (C=O) groups is 1. The van der Waals surface area contributed by atoms with Gasteiger partial charge in [-0.1, -0.05) is 6.58 Å². The van der Waals surface area contributed by atoms with Crippen molar-refractivity contribution >= 4 is 11.7 Å². The molecule has 0 aromatic heterocycles. The maximum absolute atomic E-state index is 11.2. The van der Waals surface area contributed by atoms with Crippen LogP contribution in [0.3, 0.4) is 0 Å². The van der Waals surface area contributed by atoms with E-state index in [1.165, 1.54) is 0 Å². The zero-order chi connectivity index (χ0) is 11.3. The quantitative estimate of drug-likeness (QED) is 0.704. The number of hydrogen-bond donors (Lipinski definition) is 3. The maximum atomic E-state index is 11.2. The third kappa shape index (κ3) is 3.34. The fourth-order valence-electron chi connectivity index (χ4n) is 1.08. The van der Waals surface area contributed by atoms with Crippen molar-refractivity contribution in [3.8, 4) is 5.75 Å². The van der Waals surface area contributed by atoms with E-state index in [1.54, 1.807) is 24.3 Å². The van der Waals surface area contributed by atoms with Gasteiger partial charge in [0.15, 0.2) is 0 Å². The second-order valence-electron chi connectivity index (χ2n) is 3.01. The third-order valence-electron chi connectivity index (χ3n) is 1.82. The summed E-state index contributed by atoms with van der Waals surface area (Å²) in [5, 5.41) is 14.3. The van der Waals surface area contributed by atoms with Gasteiger partial charge < -0.3 is 15.7 Å². The first-order chi connectivity index (χ1) is 7.13. The Balaban J connectivity index is 2.61. The fourth-order valence-corrected chi connectivity index (χ4v) is 1.08. The van der Waals surface area contributed by atoms with Gasteiger partial charge >= 0.3 is 6.03 Å². The molecule has 15 heavy (non-hydrogen) atoms. The zero-order valence-corrected chi connectivity index (χ0v) is 8.58. The minimum Gasteiger partial charge on any atom is -0.508 e. The minimum atomic E-state index is -0.282. The summed E-state index contributed by atoms with van der Waals surface area (Å²) in [6.07, 6.45) is 0. The van der Waals surface area contributed by atoms with E-state index in [-0.39, 0.29) is 11.8 Å². The van der Waals surface area contributed by atoms with Gasteiger partial charge in [-0.3, -0.25) is 0 Å². The SMILES string of the molecule is C=C(NC(=O)NCC)c1ccc(O)cc1. The fraction of sp³-hybridized carbons (Fsp3) is 0.182. The van der Waals surface area contributed by atoms with Gasteiger partial charge in [0.25, 0.3) is 0 Å². The lowest BCUT2D eigenvalue weighted by Gasteiger charge is -2.08. The molecule has 0 aliphatic heterocycles. The predicted octanol–water partition coefficient (Wildman–Crippen LogP) is 1.68. The molecule has 0 aliphatic rings. The van der Waals surface area contributed by atoms with Crippen molar-refractivity contribution in [1.29, 1.82) is 0 Å². The van der Waals surface area contributed by atoms with Gasteiger partial charge in [0.1, 0.15) is 5.75 Å². The number of rotatable bonds is 3. The zero-order valence-electron chi connectivity index (χ0n) is 8.58. The van der Waals surface area contributed by atoms with E-state index < -0.39 is 0 Å². The van der Waals surface area contributed by atoms with E-state index in [0.717, 1.165) is 5.56 Å². The van der Waals surface area contributed by atoms with E-state index in [1.807, 2.05) is 6.92 Å². The summed E-state index contributed by atoms with van der Waals surface area (Å²) in [6, 6.07) is 6.17. The van der Waals surface area contributed by atoms with E-state index in [4.69, 9.17) is 5.11 Å². The average molecular weight is 206 g/mol. The second kappa shape index (κ2) is 5.05. The highest BCUT2D eigenvalue weighted by Gasteiger charge is 2.02. The molecular weight excluding hydrogens is 192 g/mol. The Hall–Kier alpha value is -1.97. The van der Waals surface area contributed by atoms with Crippen molar-refractivity contribution in [3.63, 3.8) is 0 Å². The molecular formula is C11H14N2O2. The highest BCUT2D eigenvalue weighted by molar-refractivity contribution is 5.84. The first kappa shape index (κ1) is 11.1. The monoisotopic (exact) mass is 206 g/mol. The minimum absolute atomic E-state index is 0.185. The predicted molar refractivity (Wildman–Crippen MR) is 59.3 cm³/mol. The maximum Gasteiger partial charge on any atom is 0.319 e. The normalized spacial score (nSPS) is 9.40.